The van der Waals surface area contributed by atoms with Gasteiger partial charge in [0.2, 0.25) is 0 Å². The van der Waals surface area contributed by atoms with Gasteiger partial charge in [0.25, 0.3) is 0 Å². The van der Waals surface area contributed by atoms with Crippen LogP contribution in [0.25, 0.3) is 10.9 Å². The van der Waals surface area contributed by atoms with Crippen molar-refractivity contribution >= 4 is 44.4 Å². The molecule has 0 radical (unpaired) electrons. The topological polar surface area (TPSA) is 83.6 Å². The number of ether oxygens (including phenoxy) is 2. The second-order valence-corrected chi connectivity index (χ2v) is 9.07. The van der Waals surface area contributed by atoms with Crippen LogP contribution in [0.2, 0.25) is 5.02 Å². The number of hydrogen-bond donors (Lipinski definition) is 3. The first-order chi connectivity index (χ1) is 16.5. The summed E-state index contributed by atoms with van der Waals surface area (Å²) in [6.45, 7) is 0.632. The highest BCUT2D eigenvalue weighted by atomic mass is 79.9. The molecule has 3 N–H and O–H groups in total. The van der Waals surface area contributed by atoms with E-state index in [4.69, 9.17) is 21.1 Å². The van der Waals surface area contributed by atoms with Gasteiger partial charge in [0.1, 0.15) is 12.6 Å². The highest BCUT2D eigenvalue weighted by molar-refractivity contribution is 9.10. The van der Waals surface area contributed by atoms with E-state index in [-0.39, 0.29) is 0 Å². The average Bonchev–Trinajstić information content (AvgIpc) is 3.24. The molecule has 34 heavy (non-hydrogen) atoms. The largest absolute Gasteiger partial charge is 0.493 e. The summed E-state index contributed by atoms with van der Waals surface area (Å²) in [5.74, 6) is 0.204. The van der Waals surface area contributed by atoms with Crippen molar-refractivity contribution in [1.29, 1.82) is 0 Å². The van der Waals surface area contributed by atoms with E-state index < -0.39 is 12.0 Å². The Labute approximate surface area is 211 Å². The normalized spacial score (nSPS) is 12.0. The molecular weight excluding hydrogens is 520 g/mol. The second-order valence-electron chi connectivity index (χ2n) is 7.81. The fourth-order valence-corrected chi connectivity index (χ4v) is 4.41. The van der Waals surface area contributed by atoms with Gasteiger partial charge in [-0.05, 0) is 35.4 Å². The van der Waals surface area contributed by atoms with Crippen molar-refractivity contribution in [3.8, 4) is 11.5 Å². The highest BCUT2D eigenvalue weighted by Gasteiger charge is 2.20. The number of methoxy groups -OCH3 is 1. The number of H-pyrrole nitrogens is 1. The van der Waals surface area contributed by atoms with Crippen LogP contribution in [0.5, 0.6) is 11.5 Å². The van der Waals surface area contributed by atoms with Crippen LogP contribution in [0.3, 0.4) is 0 Å². The quantitative estimate of drug-likeness (QED) is 0.230. The van der Waals surface area contributed by atoms with E-state index >= 15 is 0 Å². The number of aromatic amines is 1. The lowest BCUT2D eigenvalue weighted by Gasteiger charge is -2.17. The fourth-order valence-electron chi connectivity index (χ4n) is 3.76. The Kier molecular flexibility index (Phi) is 7.77. The molecule has 0 amide bonds. The van der Waals surface area contributed by atoms with Crippen molar-refractivity contribution in [3.05, 3.63) is 93.0 Å². The zero-order chi connectivity index (χ0) is 24.1. The maximum Gasteiger partial charge on any atom is 0.321 e. The molecule has 1 heterocycles. The van der Waals surface area contributed by atoms with Crippen LogP contribution in [0, 0.1) is 0 Å². The smallest absolute Gasteiger partial charge is 0.321 e. The van der Waals surface area contributed by atoms with Gasteiger partial charge in [-0.3, -0.25) is 10.1 Å². The van der Waals surface area contributed by atoms with Gasteiger partial charge in [-0.25, -0.2) is 0 Å². The molecule has 1 unspecified atom stereocenters. The predicted molar refractivity (Wildman–Crippen MR) is 137 cm³/mol. The molecule has 0 aliphatic carbocycles. The molecule has 0 bridgehead atoms. The first kappa shape index (κ1) is 24.1. The number of hydrogen-bond acceptors (Lipinski definition) is 4. The van der Waals surface area contributed by atoms with Gasteiger partial charge in [0.15, 0.2) is 11.5 Å². The molecule has 6 nitrogen and oxygen atoms in total. The molecule has 8 heteroatoms. The molecule has 176 valence electrons. The van der Waals surface area contributed by atoms with E-state index in [9.17, 15) is 9.90 Å². The van der Waals surface area contributed by atoms with Crippen LogP contribution >= 0.6 is 27.5 Å². The summed E-state index contributed by atoms with van der Waals surface area (Å²) < 4.78 is 12.3. The zero-order valence-electron chi connectivity index (χ0n) is 18.5. The zero-order valence-corrected chi connectivity index (χ0v) is 20.8. The number of carboxylic acids is 1. The van der Waals surface area contributed by atoms with Crippen molar-refractivity contribution in [2.24, 2.45) is 0 Å². The van der Waals surface area contributed by atoms with E-state index in [0.717, 1.165) is 32.1 Å². The van der Waals surface area contributed by atoms with Crippen molar-refractivity contribution in [2.75, 3.05) is 7.11 Å². The Balaban J connectivity index is 1.46. The van der Waals surface area contributed by atoms with Gasteiger partial charge in [-0.15, -0.1) is 0 Å². The van der Waals surface area contributed by atoms with Crippen LogP contribution in [0.15, 0.2) is 71.3 Å². The van der Waals surface area contributed by atoms with Crippen molar-refractivity contribution in [2.45, 2.75) is 25.6 Å². The summed E-state index contributed by atoms with van der Waals surface area (Å²) in [7, 11) is 1.57. The summed E-state index contributed by atoms with van der Waals surface area (Å²) in [4.78, 5) is 15.1. The second kappa shape index (κ2) is 11.0. The number of nitrogens with one attached hydrogen (secondary N) is 2. The van der Waals surface area contributed by atoms with Gasteiger partial charge >= 0.3 is 5.97 Å². The number of carbonyl (C=O) groups is 1. The average molecular weight is 544 g/mol. The Morgan fingerprint density at radius 2 is 1.85 bits per heavy atom. The Hall–Kier alpha value is -3.00. The molecule has 3 aromatic carbocycles. The summed E-state index contributed by atoms with van der Waals surface area (Å²) in [6, 6.07) is 18.3. The van der Waals surface area contributed by atoms with E-state index in [1.165, 1.54) is 0 Å². The SMILES string of the molecule is COc1cc(CNC(Cc2c[nH]c3ccccc23)C(=O)O)c(Br)cc1OCc1ccccc1Cl. The molecule has 4 aromatic rings. The van der Waals surface area contributed by atoms with Crippen LogP contribution in [-0.2, 0) is 24.4 Å². The molecule has 0 saturated heterocycles. The van der Waals surface area contributed by atoms with Gasteiger partial charge in [-0.1, -0.05) is 63.9 Å². The van der Waals surface area contributed by atoms with E-state index in [1.54, 1.807) is 7.11 Å². The van der Waals surface area contributed by atoms with Crippen LogP contribution < -0.4 is 14.8 Å². The summed E-state index contributed by atoms with van der Waals surface area (Å²) >= 11 is 9.80. The molecule has 1 atom stereocenters. The number of rotatable bonds is 10. The number of carboxylic acid groups (broad SMARTS) is 1. The number of para-hydroxylation sites is 1. The van der Waals surface area contributed by atoms with Crippen molar-refractivity contribution in [3.63, 3.8) is 0 Å². The molecule has 1 aromatic heterocycles. The Morgan fingerprint density at radius 1 is 1.09 bits per heavy atom. The lowest BCUT2D eigenvalue weighted by Crippen LogP contribution is -2.38. The van der Waals surface area contributed by atoms with E-state index in [0.29, 0.717) is 36.1 Å². The van der Waals surface area contributed by atoms with E-state index in [2.05, 4.69) is 26.2 Å². The first-order valence-corrected chi connectivity index (χ1v) is 11.9. The number of fused-ring (bicyclic) bond motifs is 1. The van der Waals surface area contributed by atoms with Crippen molar-refractivity contribution < 1.29 is 19.4 Å². The monoisotopic (exact) mass is 542 g/mol. The lowest BCUT2D eigenvalue weighted by atomic mass is 10.0. The van der Waals surface area contributed by atoms with Crippen LogP contribution in [-0.4, -0.2) is 29.2 Å². The molecular formula is C26H24BrClN2O4. The molecule has 0 fully saturated rings. The minimum absolute atomic E-state index is 0.297. The first-order valence-electron chi connectivity index (χ1n) is 10.7. The van der Waals surface area contributed by atoms with Gasteiger partial charge < -0.3 is 19.6 Å². The third-order valence-corrected chi connectivity index (χ3v) is 6.72. The minimum Gasteiger partial charge on any atom is -0.493 e. The van der Waals surface area contributed by atoms with E-state index in [1.807, 2.05) is 66.9 Å². The van der Waals surface area contributed by atoms with Crippen LogP contribution in [0.4, 0.5) is 0 Å². The number of halogens is 2. The number of aliphatic carboxylic acids is 1. The molecule has 0 saturated carbocycles. The lowest BCUT2D eigenvalue weighted by molar-refractivity contribution is -0.139. The third-order valence-electron chi connectivity index (χ3n) is 5.61. The highest BCUT2D eigenvalue weighted by Crippen LogP contribution is 2.34. The maximum absolute atomic E-state index is 12.0. The van der Waals surface area contributed by atoms with Crippen LogP contribution in [0.1, 0.15) is 16.7 Å². The van der Waals surface area contributed by atoms with Crippen molar-refractivity contribution in [1.82, 2.24) is 10.3 Å². The summed E-state index contributed by atoms with van der Waals surface area (Å²) in [5.41, 5.74) is 3.67. The molecule has 4 rings (SSSR count). The number of aromatic nitrogens is 1. The summed E-state index contributed by atoms with van der Waals surface area (Å²) in [5, 5.41) is 14.6. The predicted octanol–water partition coefficient (Wildman–Crippen LogP) is 5.96. The molecule has 0 aliphatic heterocycles. The minimum atomic E-state index is -0.909. The van der Waals surface area contributed by atoms with Gasteiger partial charge in [0, 0.05) is 45.1 Å². The maximum atomic E-state index is 12.0. The summed E-state index contributed by atoms with van der Waals surface area (Å²) in [6.07, 6.45) is 2.22. The van der Waals surface area contributed by atoms with Gasteiger partial charge in [0.05, 0.1) is 7.11 Å². The number of benzene rings is 3. The molecule has 0 aliphatic rings. The third kappa shape index (κ3) is 5.55. The molecule has 0 spiro atoms. The fraction of sp³-hybridized carbons (Fsp3) is 0.192. The standard InChI is InChI=1S/C26H24BrClN2O4/c1-33-24-11-18(20(27)12-25(24)34-15-16-6-2-4-8-21(16)28)14-30-23(26(31)32)10-17-13-29-22-9-5-3-7-19(17)22/h2-9,11-13,23,29-30H,10,14-15H2,1H3,(H,31,32). The Bertz CT molecular complexity index is 1310. The van der Waals surface area contributed by atoms with Gasteiger partial charge in [-0.2, -0.15) is 0 Å². The Morgan fingerprint density at radius 3 is 2.62 bits per heavy atom.